The maximum atomic E-state index is 12.4. The van der Waals surface area contributed by atoms with Crippen molar-refractivity contribution in [1.29, 1.82) is 0 Å². The van der Waals surface area contributed by atoms with E-state index in [9.17, 15) is 13.6 Å². The molecule has 8 nitrogen and oxygen atoms in total. The molecule has 21 heavy (non-hydrogen) atoms. The highest BCUT2D eigenvalue weighted by Gasteiger charge is 2.35. The van der Waals surface area contributed by atoms with E-state index in [0.717, 1.165) is 0 Å². The minimum Gasteiger partial charge on any atom is -0.450 e. The number of hydrogen-bond acceptors (Lipinski definition) is 7. The van der Waals surface area contributed by atoms with Crippen molar-refractivity contribution in [2.24, 2.45) is 0 Å². The number of nitrogens with zero attached hydrogens (tertiary/aromatic N) is 2. The number of hydrogen-bond donors (Lipinski definition) is 1. The number of sulfone groups is 1. The first-order valence-electron chi connectivity index (χ1n) is 5.86. The molecule has 1 aromatic heterocycles. The van der Waals surface area contributed by atoms with Crippen LogP contribution >= 0.6 is 0 Å². The van der Waals surface area contributed by atoms with Gasteiger partial charge >= 0.3 is 10.9 Å². The Bertz CT molecular complexity index is 723. The minimum atomic E-state index is -4.10. The van der Waals surface area contributed by atoms with Crippen molar-refractivity contribution in [3.8, 4) is 5.88 Å². The van der Waals surface area contributed by atoms with Gasteiger partial charge in [-0.15, -0.1) is 0 Å². The summed E-state index contributed by atoms with van der Waals surface area (Å²) in [5.41, 5.74) is 0. The standard InChI is InChI=1S/C12H12N2O6S/c15-8-4-5-9-19-11-12(14(16)20-13-11)21(17,18)10-6-2-1-3-7-10/h1-7,15H,8-9H2/b5-4+. The molecule has 0 amide bonds. The lowest BCUT2D eigenvalue weighted by atomic mass is 10.4. The van der Waals surface area contributed by atoms with Gasteiger partial charge in [-0.25, -0.2) is 8.42 Å². The van der Waals surface area contributed by atoms with Crippen molar-refractivity contribution in [1.82, 2.24) is 5.16 Å². The summed E-state index contributed by atoms with van der Waals surface area (Å²) in [5, 5.41) is 22.7. The Morgan fingerprint density at radius 1 is 1.33 bits per heavy atom. The maximum absolute atomic E-state index is 12.4. The quantitative estimate of drug-likeness (QED) is 0.592. The Hall–Kier alpha value is -2.39. The molecule has 0 spiro atoms. The monoisotopic (exact) mass is 312 g/mol. The summed E-state index contributed by atoms with van der Waals surface area (Å²) in [6.07, 6.45) is 2.85. The molecule has 9 heteroatoms. The average Bonchev–Trinajstić information content (AvgIpc) is 2.86. The smallest absolute Gasteiger partial charge is 0.415 e. The third kappa shape index (κ3) is 3.20. The Morgan fingerprint density at radius 2 is 2.05 bits per heavy atom. The zero-order valence-electron chi connectivity index (χ0n) is 10.7. The summed E-state index contributed by atoms with van der Waals surface area (Å²) in [6.45, 7) is -0.247. The molecule has 1 heterocycles. The molecule has 0 aliphatic rings. The van der Waals surface area contributed by atoms with Crippen LogP contribution in [-0.2, 0) is 9.84 Å². The highest BCUT2D eigenvalue weighted by Crippen LogP contribution is 2.24. The van der Waals surface area contributed by atoms with Crippen LogP contribution in [0.2, 0.25) is 0 Å². The lowest BCUT2D eigenvalue weighted by molar-refractivity contribution is -0.832. The molecule has 0 saturated carbocycles. The molecule has 0 unspecified atom stereocenters. The number of benzene rings is 1. The lowest BCUT2D eigenvalue weighted by Crippen LogP contribution is -2.30. The van der Waals surface area contributed by atoms with Gasteiger partial charge in [0.25, 0.3) is 9.84 Å². The van der Waals surface area contributed by atoms with E-state index < -0.39 is 20.7 Å². The average molecular weight is 312 g/mol. The van der Waals surface area contributed by atoms with E-state index in [2.05, 4.69) is 9.79 Å². The predicted octanol–water partition coefficient (Wildman–Crippen LogP) is 0.0681. The fourth-order valence-electron chi connectivity index (χ4n) is 1.51. The molecule has 0 aliphatic heterocycles. The van der Waals surface area contributed by atoms with E-state index in [1.807, 2.05) is 0 Å². The summed E-state index contributed by atoms with van der Waals surface area (Å²) in [7, 11) is -4.10. The molecule has 0 radical (unpaired) electrons. The fourth-order valence-corrected chi connectivity index (χ4v) is 2.80. The van der Waals surface area contributed by atoms with Crippen molar-refractivity contribution in [3.63, 3.8) is 0 Å². The number of rotatable bonds is 6. The van der Waals surface area contributed by atoms with Gasteiger partial charge in [-0.05, 0) is 23.1 Å². The number of aliphatic hydroxyl groups is 1. The zero-order chi connectivity index (χ0) is 15.3. The highest BCUT2D eigenvalue weighted by atomic mass is 32.2. The van der Waals surface area contributed by atoms with Crippen LogP contribution < -0.4 is 9.64 Å². The van der Waals surface area contributed by atoms with Crippen molar-refractivity contribution < 1.29 is 27.8 Å². The molecule has 1 aromatic carbocycles. The molecule has 0 saturated heterocycles. The topological polar surface area (TPSA) is 117 Å². The van der Waals surface area contributed by atoms with Crippen LogP contribution in [0.25, 0.3) is 0 Å². The van der Waals surface area contributed by atoms with Crippen LogP contribution in [0, 0.1) is 5.21 Å². The number of aromatic nitrogens is 2. The van der Waals surface area contributed by atoms with Crippen LogP contribution in [0.1, 0.15) is 0 Å². The first-order valence-corrected chi connectivity index (χ1v) is 7.34. The van der Waals surface area contributed by atoms with Crippen molar-refractivity contribution in [2.75, 3.05) is 13.2 Å². The fraction of sp³-hybridized carbons (Fsp3) is 0.167. The van der Waals surface area contributed by atoms with Gasteiger partial charge < -0.3 is 15.1 Å². The van der Waals surface area contributed by atoms with E-state index in [1.54, 1.807) is 6.07 Å². The van der Waals surface area contributed by atoms with E-state index in [0.29, 0.717) is 0 Å². The van der Waals surface area contributed by atoms with Crippen molar-refractivity contribution in [2.45, 2.75) is 9.92 Å². The van der Waals surface area contributed by atoms with Gasteiger partial charge in [0.1, 0.15) is 6.61 Å². The second-order valence-electron chi connectivity index (χ2n) is 3.82. The molecule has 0 bridgehead atoms. The van der Waals surface area contributed by atoms with Crippen LogP contribution in [0.3, 0.4) is 0 Å². The molecule has 1 N–H and O–H groups in total. The van der Waals surface area contributed by atoms with Crippen LogP contribution in [0.4, 0.5) is 0 Å². The Labute approximate surface area is 120 Å². The minimum absolute atomic E-state index is 0.0651. The van der Waals surface area contributed by atoms with Crippen LogP contribution in [-0.4, -0.2) is 31.9 Å². The van der Waals surface area contributed by atoms with Crippen LogP contribution in [0.15, 0.2) is 57.0 Å². The predicted molar refractivity (Wildman–Crippen MR) is 69.1 cm³/mol. The summed E-state index contributed by atoms with van der Waals surface area (Å²) in [5.74, 6) is -0.434. The summed E-state index contributed by atoms with van der Waals surface area (Å²) in [4.78, 5) is -0.290. The largest absolute Gasteiger partial charge is 0.450 e. The lowest BCUT2D eigenvalue weighted by Gasteiger charge is -2.01. The molecular formula is C12H12N2O6S. The van der Waals surface area contributed by atoms with Crippen molar-refractivity contribution in [3.05, 3.63) is 47.7 Å². The summed E-state index contributed by atoms with van der Waals surface area (Å²) in [6, 6.07) is 7.39. The molecule has 112 valence electrons. The summed E-state index contributed by atoms with van der Waals surface area (Å²) < 4.78 is 34.1. The van der Waals surface area contributed by atoms with E-state index >= 15 is 0 Å². The maximum Gasteiger partial charge on any atom is 0.415 e. The molecule has 2 rings (SSSR count). The Balaban J connectivity index is 2.35. The van der Waals surface area contributed by atoms with Gasteiger partial charge in [0.05, 0.1) is 16.7 Å². The van der Waals surface area contributed by atoms with Gasteiger partial charge in [-0.1, -0.05) is 24.3 Å². The van der Waals surface area contributed by atoms with Gasteiger partial charge in [0.15, 0.2) is 0 Å². The van der Waals surface area contributed by atoms with Crippen LogP contribution in [0.5, 0.6) is 5.88 Å². The van der Waals surface area contributed by atoms with Gasteiger partial charge in [0, 0.05) is 0 Å². The third-order valence-electron chi connectivity index (χ3n) is 2.44. The summed E-state index contributed by atoms with van der Waals surface area (Å²) >= 11 is 0. The van der Waals surface area contributed by atoms with Gasteiger partial charge in [-0.3, -0.25) is 4.63 Å². The molecule has 0 atom stereocenters. The van der Waals surface area contributed by atoms with E-state index in [-0.39, 0.29) is 23.0 Å². The number of aliphatic hydroxyl groups excluding tert-OH is 1. The number of ether oxygens (including phenoxy) is 1. The highest BCUT2D eigenvalue weighted by molar-refractivity contribution is 7.91. The Morgan fingerprint density at radius 3 is 2.71 bits per heavy atom. The van der Waals surface area contributed by atoms with Crippen molar-refractivity contribution >= 4 is 9.84 Å². The first kappa shape index (κ1) is 15.0. The zero-order valence-corrected chi connectivity index (χ0v) is 11.6. The third-order valence-corrected chi connectivity index (χ3v) is 4.17. The molecule has 0 fully saturated rings. The SMILES string of the molecule is O=S(=O)(c1ccccc1)c1c(OC/C=C/CO)no[n+]1[O-]. The van der Waals surface area contributed by atoms with E-state index in [1.165, 1.54) is 36.4 Å². The molecule has 0 aliphatic carbocycles. The second kappa shape index (κ2) is 6.37. The normalized spacial score (nSPS) is 11.9. The second-order valence-corrected chi connectivity index (χ2v) is 5.69. The van der Waals surface area contributed by atoms with E-state index in [4.69, 9.17) is 9.84 Å². The first-order chi connectivity index (χ1) is 10.1. The molecular weight excluding hydrogens is 300 g/mol. The Kier molecular flexibility index (Phi) is 4.55. The molecule has 2 aromatic rings. The van der Waals surface area contributed by atoms with Gasteiger partial charge in [-0.2, -0.15) is 0 Å². The van der Waals surface area contributed by atoms with Gasteiger partial charge in [0.2, 0.25) is 0 Å².